The van der Waals surface area contributed by atoms with Gasteiger partial charge in [-0.2, -0.15) is 5.10 Å². The largest absolute Gasteiger partial charge is 0.324 e. The van der Waals surface area contributed by atoms with Crippen molar-refractivity contribution in [2.75, 3.05) is 5.32 Å². The number of hydrogen-bond acceptors (Lipinski definition) is 2. The Labute approximate surface area is 135 Å². The van der Waals surface area contributed by atoms with Crippen molar-refractivity contribution in [3.8, 4) is 11.1 Å². The second-order valence-corrected chi connectivity index (χ2v) is 5.55. The summed E-state index contributed by atoms with van der Waals surface area (Å²) in [5, 5.41) is 7.21. The summed E-state index contributed by atoms with van der Waals surface area (Å²) in [6, 6.07) is 19.5. The Bertz CT molecular complexity index is 791. The van der Waals surface area contributed by atoms with Gasteiger partial charge in [-0.1, -0.05) is 42.5 Å². The van der Waals surface area contributed by atoms with Crippen molar-refractivity contribution in [2.45, 2.75) is 19.9 Å². The molecule has 4 nitrogen and oxygen atoms in total. The molecule has 1 amide bonds. The number of carbonyl (C=O) groups is 1. The third kappa shape index (κ3) is 3.48. The molecule has 0 spiro atoms. The van der Waals surface area contributed by atoms with Crippen LogP contribution in [0.1, 0.15) is 18.7 Å². The molecule has 0 saturated heterocycles. The van der Waals surface area contributed by atoms with Gasteiger partial charge >= 0.3 is 0 Å². The number of aromatic nitrogens is 2. The van der Waals surface area contributed by atoms with E-state index in [0.717, 1.165) is 22.5 Å². The number of hydrogen-bond donors (Lipinski definition) is 1. The van der Waals surface area contributed by atoms with Gasteiger partial charge in [0.25, 0.3) is 0 Å². The van der Waals surface area contributed by atoms with E-state index in [1.165, 1.54) is 0 Å². The van der Waals surface area contributed by atoms with Crippen LogP contribution in [-0.4, -0.2) is 15.7 Å². The molecule has 0 fully saturated rings. The molecule has 4 heteroatoms. The summed E-state index contributed by atoms with van der Waals surface area (Å²) in [5.74, 6) is -0.0828. The average Bonchev–Trinajstić information content (AvgIpc) is 3.02. The zero-order chi connectivity index (χ0) is 16.2. The number of amides is 1. The molecular formula is C19H19N3O. The van der Waals surface area contributed by atoms with Gasteiger partial charge in [0, 0.05) is 11.9 Å². The Morgan fingerprint density at radius 3 is 2.26 bits per heavy atom. The van der Waals surface area contributed by atoms with Crippen molar-refractivity contribution >= 4 is 11.6 Å². The molecule has 0 aliphatic rings. The normalized spacial score (nSPS) is 11.9. The van der Waals surface area contributed by atoms with Gasteiger partial charge in [-0.3, -0.25) is 9.48 Å². The van der Waals surface area contributed by atoms with Gasteiger partial charge in [-0.25, -0.2) is 0 Å². The minimum absolute atomic E-state index is 0.0828. The average molecular weight is 305 g/mol. The maximum Gasteiger partial charge on any atom is 0.248 e. The quantitative estimate of drug-likeness (QED) is 0.790. The molecule has 2 aromatic carbocycles. The lowest BCUT2D eigenvalue weighted by atomic mass is 10.1. The first-order valence-electron chi connectivity index (χ1n) is 7.61. The number of nitrogens with zero attached hydrogens (tertiary/aromatic N) is 2. The highest BCUT2D eigenvalue weighted by Gasteiger charge is 2.15. The van der Waals surface area contributed by atoms with Gasteiger partial charge in [0.1, 0.15) is 6.04 Å². The van der Waals surface area contributed by atoms with Crippen LogP contribution in [0.15, 0.2) is 66.9 Å². The highest BCUT2D eigenvalue weighted by Crippen LogP contribution is 2.21. The van der Waals surface area contributed by atoms with E-state index in [0.29, 0.717) is 0 Å². The van der Waals surface area contributed by atoms with Crippen LogP contribution in [-0.2, 0) is 4.79 Å². The fourth-order valence-electron chi connectivity index (χ4n) is 2.39. The van der Waals surface area contributed by atoms with E-state index in [9.17, 15) is 4.79 Å². The Balaban J connectivity index is 1.69. The van der Waals surface area contributed by atoms with Crippen LogP contribution in [0.4, 0.5) is 5.69 Å². The van der Waals surface area contributed by atoms with Crippen molar-refractivity contribution < 1.29 is 4.79 Å². The first-order chi connectivity index (χ1) is 11.1. The summed E-state index contributed by atoms with van der Waals surface area (Å²) < 4.78 is 1.67. The second kappa shape index (κ2) is 6.48. The third-order valence-corrected chi connectivity index (χ3v) is 3.78. The minimum atomic E-state index is -0.350. The summed E-state index contributed by atoms with van der Waals surface area (Å²) in [7, 11) is 0. The molecule has 0 radical (unpaired) electrons. The molecule has 23 heavy (non-hydrogen) atoms. The van der Waals surface area contributed by atoms with Crippen LogP contribution in [0, 0.1) is 6.92 Å². The van der Waals surface area contributed by atoms with E-state index in [2.05, 4.69) is 22.5 Å². The summed E-state index contributed by atoms with van der Waals surface area (Å²) in [4.78, 5) is 12.3. The summed E-state index contributed by atoms with van der Waals surface area (Å²) in [6.07, 6.45) is 1.82. The topological polar surface area (TPSA) is 46.9 Å². The summed E-state index contributed by atoms with van der Waals surface area (Å²) in [5.41, 5.74) is 3.97. The van der Waals surface area contributed by atoms with E-state index in [1.807, 2.05) is 68.6 Å². The van der Waals surface area contributed by atoms with Crippen LogP contribution in [0.2, 0.25) is 0 Å². The van der Waals surface area contributed by atoms with Crippen molar-refractivity contribution in [1.29, 1.82) is 0 Å². The molecule has 0 bridgehead atoms. The molecule has 1 atom stereocenters. The molecule has 3 rings (SSSR count). The highest BCUT2D eigenvalue weighted by atomic mass is 16.2. The minimum Gasteiger partial charge on any atom is -0.324 e. The maximum atomic E-state index is 12.3. The van der Waals surface area contributed by atoms with E-state index in [-0.39, 0.29) is 11.9 Å². The van der Waals surface area contributed by atoms with E-state index in [4.69, 9.17) is 0 Å². The SMILES string of the molecule is Cc1ccn(C(C)C(=O)Nc2ccc(-c3ccccc3)cc2)n1. The predicted octanol–water partition coefficient (Wildman–Crippen LogP) is 4.06. The monoisotopic (exact) mass is 305 g/mol. The lowest BCUT2D eigenvalue weighted by Gasteiger charge is -2.13. The van der Waals surface area contributed by atoms with E-state index < -0.39 is 0 Å². The Morgan fingerprint density at radius 2 is 1.65 bits per heavy atom. The van der Waals surface area contributed by atoms with Gasteiger partial charge in [0.05, 0.1) is 5.69 Å². The smallest absolute Gasteiger partial charge is 0.248 e. The molecule has 0 aliphatic carbocycles. The molecule has 1 heterocycles. The molecular weight excluding hydrogens is 286 g/mol. The fourth-order valence-corrected chi connectivity index (χ4v) is 2.39. The zero-order valence-electron chi connectivity index (χ0n) is 13.2. The molecule has 1 unspecified atom stereocenters. The number of carbonyl (C=O) groups excluding carboxylic acids is 1. The van der Waals surface area contributed by atoms with Gasteiger partial charge in [-0.15, -0.1) is 0 Å². The van der Waals surface area contributed by atoms with E-state index >= 15 is 0 Å². The Kier molecular flexibility index (Phi) is 4.24. The number of benzene rings is 2. The molecule has 0 aliphatic heterocycles. The Morgan fingerprint density at radius 1 is 1.00 bits per heavy atom. The number of aryl methyl sites for hydroxylation is 1. The third-order valence-electron chi connectivity index (χ3n) is 3.78. The zero-order valence-corrected chi connectivity index (χ0v) is 13.2. The molecule has 116 valence electrons. The first-order valence-corrected chi connectivity index (χ1v) is 7.61. The number of nitrogens with one attached hydrogen (secondary N) is 1. The fraction of sp³-hybridized carbons (Fsp3) is 0.158. The lowest BCUT2D eigenvalue weighted by Crippen LogP contribution is -2.24. The van der Waals surface area contributed by atoms with Gasteiger partial charge in [0.15, 0.2) is 0 Å². The molecule has 1 N–H and O–H groups in total. The van der Waals surface area contributed by atoms with Crippen molar-refractivity contribution in [2.24, 2.45) is 0 Å². The predicted molar refractivity (Wildman–Crippen MR) is 92.2 cm³/mol. The van der Waals surface area contributed by atoms with Crippen molar-refractivity contribution in [3.63, 3.8) is 0 Å². The van der Waals surface area contributed by atoms with Crippen LogP contribution >= 0.6 is 0 Å². The second-order valence-electron chi connectivity index (χ2n) is 5.55. The van der Waals surface area contributed by atoms with Crippen molar-refractivity contribution in [3.05, 3.63) is 72.6 Å². The molecule has 0 saturated carbocycles. The molecule has 1 aromatic heterocycles. The van der Waals surface area contributed by atoms with Crippen LogP contribution < -0.4 is 5.32 Å². The first kappa shape index (κ1) is 15.0. The summed E-state index contributed by atoms with van der Waals surface area (Å²) in [6.45, 7) is 3.74. The lowest BCUT2D eigenvalue weighted by molar-refractivity contribution is -0.119. The van der Waals surface area contributed by atoms with Gasteiger partial charge in [0.2, 0.25) is 5.91 Å². The van der Waals surface area contributed by atoms with Gasteiger partial charge in [-0.05, 0) is 43.2 Å². The van der Waals surface area contributed by atoms with Crippen LogP contribution in [0.5, 0.6) is 0 Å². The van der Waals surface area contributed by atoms with E-state index in [1.54, 1.807) is 4.68 Å². The number of anilines is 1. The van der Waals surface area contributed by atoms with Crippen LogP contribution in [0.25, 0.3) is 11.1 Å². The van der Waals surface area contributed by atoms with Gasteiger partial charge < -0.3 is 5.32 Å². The van der Waals surface area contributed by atoms with Crippen LogP contribution in [0.3, 0.4) is 0 Å². The standard InChI is InChI=1S/C19H19N3O/c1-14-12-13-22(21-14)15(2)19(23)20-18-10-8-17(9-11-18)16-6-4-3-5-7-16/h3-13,15H,1-2H3,(H,20,23). The summed E-state index contributed by atoms with van der Waals surface area (Å²) >= 11 is 0. The maximum absolute atomic E-state index is 12.3. The Hall–Kier alpha value is -2.88. The highest BCUT2D eigenvalue weighted by molar-refractivity contribution is 5.93. The molecule has 3 aromatic rings. The van der Waals surface area contributed by atoms with Crippen molar-refractivity contribution in [1.82, 2.24) is 9.78 Å². The number of rotatable bonds is 4.